The maximum Gasteiger partial charge on any atom is 0.327 e. The molecule has 3 nitrogen and oxygen atoms in total. The summed E-state index contributed by atoms with van der Waals surface area (Å²) in [6, 6.07) is 18.3. The Morgan fingerprint density at radius 3 is 1.74 bits per heavy atom. The number of aliphatic carboxylic acids is 1. The Morgan fingerprint density at radius 1 is 1.00 bits per heavy atom. The molecule has 2 aromatic rings. The monoisotopic (exact) mass is 273 g/mol. The van der Waals surface area contributed by atoms with Crippen molar-refractivity contribution in [2.75, 3.05) is 10.7 Å². The van der Waals surface area contributed by atoms with Crippen molar-refractivity contribution < 1.29 is 9.90 Å². The van der Waals surface area contributed by atoms with Gasteiger partial charge in [-0.2, -0.15) is 12.6 Å². The van der Waals surface area contributed by atoms with E-state index in [1.54, 1.807) is 4.90 Å². The van der Waals surface area contributed by atoms with Crippen LogP contribution in [0.3, 0.4) is 0 Å². The standard InChI is InChI=1S/C15H15NO2S/c17-15(18)14(11-19)16(12-7-3-1-4-8-12)13-9-5-2-6-10-13/h1-10,14,19H,11H2,(H,17,18). The first-order chi connectivity index (χ1) is 9.24. The van der Waals surface area contributed by atoms with Gasteiger partial charge < -0.3 is 10.0 Å². The topological polar surface area (TPSA) is 40.5 Å². The minimum atomic E-state index is -0.886. The fraction of sp³-hybridized carbons (Fsp3) is 0.133. The van der Waals surface area contributed by atoms with Crippen molar-refractivity contribution in [2.45, 2.75) is 6.04 Å². The van der Waals surface area contributed by atoms with Crippen LogP contribution in [0.4, 0.5) is 11.4 Å². The Labute approximate surface area is 117 Å². The largest absolute Gasteiger partial charge is 0.480 e. The normalized spacial score (nSPS) is 11.8. The van der Waals surface area contributed by atoms with Crippen LogP contribution in [0.5, 0.6) is 0 Å². The van der Waals surface area contributed by atoms with Gasteiger partial charge in [-0.1, -0.05) is 36.4 Å². The summed E-state index contributed by atoms with van der Waals surface area (Å²) in [7, 11) is 0. The van der Waals surface area contributed by atoms with E-state index in [-0.39, 0.29) is 5.75 Å². The number of thiol groups is 1. The first-order valence-corrected chi connectivity index (χ1v) is 6.60. The average Bonchev–Trinajstić information content (AvgIpc) is 2.46. The lowest BCUT2D eigenvalue weighted by atomic mass is 10.1. The second-order valence-corrected chi connectivity index (χ2v) is 4.44. The number of para-hydroxylation sites is 2. The first-order valence-electron chi connectivity index (χ1n) is 5.97. The van der Waals surface area contributed by atoms with Crippen molar-refractivity contribution in [1.82, 2.24) is 0 Å². The fourth-order valence-electron chi connectivity index (χ4n) is 1.96. The van der Waals surface area contributed by atoms with Gasteiger partial charge in [0.05, 0.1) is 0 Å². The van der Waals surface area contributed by atoms with Crippen LogP contribution in [-0.4, -0.2) is 22.9 Å². The van der Waals surface area contributed by atoms with Gasteiger partial charge in [0, 0.05) is 17.1 Å². The number of anilines is 2. The number of hydrogen-bond acceptors (Lipinski definition) is 3. The van der Waals surface area contributed by atoms with Gasteiger partial charge in [-0.05, 0) is 24.3 Å². The molecule has 0 saturated carbocycles. The van der Waals surface area contributed by atoms with Gasteiger partial charge in [0.25, 0.3) is 0 Å². The maximum absolute atomic E-state index is 11.4. The van der Waals surface area contributed by atoms with E-state index in [1.807, 2.05) is 60.7 Å². The molecule has 19 heavy (non-hydrogen) atoms. The van der Waals surface area contributed by atoms with Crippen LogP contribution in [0.25, 0.3) is 0 Å². The van der Waals surface area contributed by atoms with Crippen molar-refractivity contribution >= 4 is 30.0 Å². The molecule has 0 bridgehead atoms. The maximum atomic E-state index is 11.4. The third kappa shape index (κ3) is 3.09. The summed E-state index contributed by atoms with van der Waals surface area (Å²) < 4.78 is 0. The van der Waals surface area contributed by atoms with Crippen molar-refractivity contribution in [3.63, 3.8) is 0 Å². The molecule has 0 aliphatic rings. The van der Waals surface area contributed by atoms with Gasteiger partial charge in [0.2, 0.25) is 0 Å². The Hall–Kier alpha value is -1.94. The highest BCUT2D eigenvalue weighted by molar-refractivity contribution is 7.80. The molecule has 0 fully saturated rings. The van der Waals surface area contributed by atoms with Gasteiger partial charge in [-0.3, -0.25) is 0 Å². The zero-order chi connectivity index (χ0) is 13.7. The smallest absolute Gasteiger partial charge is 0.327 e. The van der Waals surface area contributed by atoms with Crippen LogP contribution in [0, 0.1) is 0 Å². The summed E-state index contributed by atoms with van der Waals surface area (Å²) in [5, 5.41) is 9.38. The molecule has 0 aliphatic heterocycles. The molecule has 0 spiro atoms. The summed E-state index contributed by atoms with van der Waals surface area (Å²) in [6.07, 6.45) is 0. The minimum absolute atomic E-state index is 0.235. The summed E-state index contributed by atoms with van der Waals surface area (Å²) >= 11 is 4.17. The Balaban J connectivity index is 2.48. The van der Waals surface area contributed by atoms with Gasteiger partial charge in [-0.25, -0.2) is 4.79 Å². The lowest BCUT2D eigenvalue weighted by Gasteiger charge is -2.30. The molecule has 2 rings (SSSR count). The number of carboxylic acids is 1. The van der Waals surface area contributed by atoms with E-state index in [2.05, 4.69) is 12.6 Å². The van der Waals surface area contributed by atoms with Crippen LogP contribution in [0.15, 0.2) is 60.7 Å². The van der Waals surface area contributed by atoms with Gasteiger partial charge in [0.15, 0.2) is 0 Å². The molecule has 0 aromatic heterocycles. The lowest BCUT2D eigenvalue weighted by molar-refractivity contribution is -0.137. The third-order valence-corrected chi connectivity index (χ3v) is 3.18. The molecule has 0 aliphatic carbocycles. The second-order valence-electron chi connectivity index (χ2n) is 4.08. The van der Waals surface area contributed by atoms with Crippen LogP contribution < -0.4 is 4.90 Å². The predicted molar refractivity (Wildman–Crippen MR) is 80.3 cm³/mol. The highest BCUT2D eigenvalue weighted by Gasteiger charge is 2.25. The van der Waals surface area contributed by atoms with Crippen molar-refractivity contribution in [2.24, 2.45) is 0 Å². The molecule has 98 valence electrons. The number of nitrogens with zero attached hydrogens (tertiary/aromatic N) is 1. The molecule has 0 heterocycles. The van der Waals surface area contributed by atoms with Crippen LogP contribution in [-0.2, 0) is 4.79 Å². The second kappa shape index (κ2) is 6.29. The number of benzene rings is 2. The summed E-state index contributed by atoms with van der Waals surface area (Å²) in [5.74, 6) is -0.651. The molecule has 1 unspecified atom stereocenters. The predicted octanol–water partition coefficient (Wildman–Crippen LogP) is 3.21. The van der Waals surface area contributed by atoms with Crippen LogP contribution in [0.1, 0.15) is 0 Å². The Morgan fingerprint density at radius 2 is 1.42 bits per heavy atom. The van der Waals surface area contributed by atoms with E-state index in [0.717, 1.165) is 11.4 Å². The third-order valence-electron chi connectivity index (χ3n) is 2.84. The van der Waals surface area contributed by atoms with Crippen molar-refractivity contribution in [1.29, 1.82) is 0 Å². The van der Waals surface area contributed by atoms with Crippen LogP contribution in [0.2, 0.25) is 0 Å². The Bertz CT molecular complexity index is 491. The van der Waals surface area contributed by atoms with E-state index in [4.69, 9.17) is 0 Å². The molecule has 2 aromatic carbocycles. The molecule has 0 amide bonds. The molecular formula is C15H15NO2S. The number of hydrogen-bond donors (Lipinski definition) is 2. The van der Waals surface area contributed by atoms with E-state index in [0.29, 0.717) is 0 Å². The molecular weight excluding hydrogens is 258 g/mol. The summed E-state index contributed by atoms with van der Waals surface area (Å²) in [6.45, 7) is 0. The minimum Gasteiger partial charge on any atom is -0.480 e. The van der Waals surface area contributed by atoms with Crippen molar-refractivity contribution in [3.8, 4) is 0 Å². The molecule has 0 radical (unpaired) electrons. The molecule has 1 atom stereocenters. The highest BCUT2D eigenvalue weighted by Crippen LogP contribution is 2.28. The number of carbonyl (C=O) groups is 1. The Kier molecular flexibility index (Phi) is 4.47. The average molecular weight is 273 g/mol. The van der Waals surface area contributed by atoms with E-state index < -0.39 is 12.0 Å². The summed E-state index contributed by atoms with van der Waals surface area (Å²) in [4.78, 5) is 13.2. The molecule has 1 N–H and O–H groups in total. The summed E-state index contributed by atoms with van der Waals surface area (Å²) in [5.41, 5.74) is 1.69. The highest BCUT2D eigenvalue weighted by atomic mass is 32.1. The van der Waals surface area contributed by atoms with E-state index >= 15 is 0 Å². The van der Waals surface area contributed by atoms with E-state index in [1.165, 1.54) is 0 Å². The number of carboxylic acid groups (broad SMARTS) is 1. The molecule has 4 heteroatoms. The van der Waals surface area contributed by atoms with Crippen molar-refractivity contribution in [3.05, 3.63) is 60.7 Å². The van der Waals surface area contributed by atoms with Gasteiger partial charge in [-0.15, -0.1) is 0 Å². The van der Waals surface area contributed by atoms with Crippen LogP contribution >= 0.6 is 12.6 Å². The SMILES string of the molecule is O=C(O)C(CS)N(c1ccccc1)c1ccccc1. The van der Waals surface area contributed by atoms with E-state index in [9.17, 15) is 9.90 Å². The van der Waals surface area contributed by atoms with Gasteiger partial charge >= 0.3 is 5.97 Å². The first kappa shape index (κ1) is 13.5. The zero-order valence-corrected chi connectivity index (χ0v) is 11.2. The lowest BCUT2D eigenvalue weighted by Crippen LogP contribution is -2.39. The fourth-order valence-corrected chi connectivity index (χ4v) is 2.28. The number of rotatable bonds is 5. The molecule has 0 saturated heterocycles. The van der Waals surface area contributed by atoms with Gasteiger partial charge in [0.1, 0.15) is 6.04 Å². The quantitative estimate of drug-likeness (QED) is 0.822. The zero-order valence-electron chi connectivity index (χ0n) is 10.3.